The first-order valence-corrected chi connectivity index (χ1v) is 7.09. The van der Waals surface area contributed by atoms with Crippen molar-refractivity contribution in [1.82, 2.24) is 0 Å². The Morgan fingerprint density at radius 1 is 0.944 bits per heavy atom. The summed E-state index contributed by atoms with van der Waals surface area (Å²) in [6.45, 7) is 11.5. The average Bonchev–Trinajstić information content (AvgIpc) is 2.38. The van der Waals surface area contributed by atoms with Gasteiger partial charge in [0.2, 0.25) is 0 Å². The van der Waals surface area contributed by atoms with Gasteiger partial charge in [-0.2, -0.15) is 0 Å². The number of nitrogens with one attached hydrogen (secondary N) is 1. The number of phenolic OH excluding ortho intramolecular Hbond substituents is 1. The zero-order valence-corrected chi connectivity index (χ0v) is 12.5. The highest BCUT2D eigenvalue weighted by atomic mass is 16.3. The molecule has 0 saturated heterocycles. The SMILES string of the molecule is CCCCc1c(C)c(O)c(C)c(C)c1NCCC. The molecular weight excluding hydrogens is 222 g/mol. The summed E-state index contributed by atoms with van der Waals surface area (Å²) >= 11 is 0. The topological polar surface area (TPSA) is 32.3 Å². The van der Waals surface area contributed by atoms with Crippen LogP contribution in [0.25, 0.3) is 0 Å². The van der Waals surface area contributed by atoms with Gasteiger partial charge in [-0.25, -0.2) is 0 Å². The molecule has 18 heavy (non-hydrogen) atoms. The van der Waals surface area contributed by atoms with Crippen LogP contribution in [0.1, 0.15) is 55.4 Å². The fourth-order valence-electron chi connectivity index (χ4n) is 2.36. The predicted octanol–water partition coefficient (Wildman–Crippen LogP) is 4.48. The molecule has 0 bridgehead atoms. The molecule has 0 aliphatic rings. The number of unbranched alkanes of at least 4 members (excludes halogenated alkanes) is 1. The maximum atomic E-state index is 10.2. The smallest absolute Gasteiger partial charge is 0.122 e. The van der Waals surface area contributed by atoms with Crippen molar-refractivity contribution in [2.24, 2.45) is 0 Å². The lowest BCUT2D eigenvalue weighted by atomic mass is 9.93. The molecule has 1 aromatic carbocycles. The minimum atomic E-state index is 0.473. The number of rotatable bonds is 6. The third-order valence-electron chi connectivity index (χ3n) is 3.73. The summed E-state index contributed by atoms with van der Waals surface area (Å²) in [5.74, 6) is 0.473. The summed E-state index contributed by atoms with van der Waals surface area (Å²) in [7, 11) is 0. The molecule has 0 amide bonds. The summed E-state index contributed by atoms with van der Waals surface area (Å²) in [5, 5.41) is 13.7. The summed E-state index contributed by atoms with van der Waals surface area (Å²) in [6, 6.07) is 0. The van der Waals surface area contributed by atoms with E-state index in [9.17, 15) is 5.11 Å². The molecule has 0 atom stereocenters. The van der Waals surface area contributed by atoms with Crippen molar-refractivity contribution in [3.05, 3.63) is 22.3 Å². The van der Waals surface area contributed by atoms with E-state index in [4.69, 9.17) is 0 Å². The normalized spacial score (nSPS) is 10.7. The lowest BCUT2D eigenvalue weighted by molar-refractivity contribution is 0.465. The minimum absolute atomic E-state index is 0.473. The maximum absolute atomic E-state index is 10.2. The summed E-state index contributed by atoms with van der Waals surface area (Å²) in [5.41, 5.74) is 5.79. The second-order valence-corrected chi connectivity index (χ2v) is 5.11. The molecule has 1 rings (SSSR count). The van der Waals surface area contributed by atoms with Gasteiger partial charge in [-0.15, -0.1) is 0 Å². The van der Waals surface area contributed by atoms with Crippen LogP contribution in [0.2, 0.25) is 0 Å². The molecule has 0 aliphatic heterocycles. The second kappa shape index (κ2) is 6.67. The molecule has 2 N–H and O–H groups in total. The monoisotopic (exact) mass is 249 g/mol. The van der Waals surface area contributed by atoms with Gasteiger partial charge in [0.25, 0.3) is 0 Å². The predicted molar refractivity (Wildman–Crippen MR) is 79.7 cm³/mol. The van der Waals surface area contributed by atoms with Gasteiger partial charge < -0.3 is 10.4 Å². The van der Waals surface area contributed by atoms with Crippen LogP contribution >= 0.6 is 0 Å². The van der Waals surface area contributed by atoms with Crippen LogP contribution in [0.3, 0.4) is 0 Å². The largest absolute Gasteiger partial charge is 0.507 e. The number of benzene rings is 1. The molecule has 0 aliphatic carbocycles. The Labute approximate surface area is 111 Å². The first kappa shape index (κ1) is 14.9. The molecule has 1 aromatic rings. The van der Waals surface area contributed by atoms with Crippen LogP contribution in [0, 0.1) is 20.8 Å². The zero-order chi connectivity index (χ0) is 13.7. The van der Waals surface area contributed by atoms with Crippen molar-refractivity contribution in [1.29, 1.82) is 0 Å². The Morgan fingerprint density at radius 2 is 1.61 bits per heavy atom. The van der Waals surface area contributed by atoms with E-state index < -0.39 is 0 Å². The minimum Gasteiger partial charge on any atom is -0.507 e. The Morgan fingerprint density at radius 3 is 2.17 bits per heavy atom. The summed E-state index contributed by atoms with van der Waals surface area (Å²) in [4.78, 5) is 0. The highest BCUT2D eigenvalue weighted by Crippen LogP contribution is 2.36. The molecule has 0 aromatic heterocycles. The quantitative estimate of drug-likeness (QED) is 0.728. The highest BCUT2D eigenvalue weighted by Gasteiger charge is 2.15. The number of hydrogen-bond acceptors (Lipinski definition) is 2. The Hall–Kier alpha value is -1.18. The van der Waals surface area contributed by atoms with Crippen LogP contribution in [-0.2, 0) is 6.42 Å². The molecule has 0 fully saturated rings. The van der Waals surface area contributed by atoms with Gasteiger partial charge >= 0.3 is 0 Å². The first-order valence-electron chi connectivity index (χ1n) is 7.09. The van der Waals surface area contributed by atoms with Crippen LogP contribution in [0.15, 0.2) is 0 Å². The lowest BCUT2D eigenvalue weighted by Crippen LogP contribution is -2.08. The third-order valence-corrected chi connectivity index (χ3v) is 3.73. The molecule has 102 valence electrons. The Bertz CT molecular complexity index is 371. The van der Waals surface area contributed by atoms with Crippen LogP contribution in [0.4, 0.5) is 5.69 Å². The number of hydrogen-bond donors (Lipinski definition) is 2. The van der Waals surface area contributed by atoms with Gasteiger partial charge in [0.1, 0.15) is 5.75 Å². The van der Waals surface area contributed by atoms with Crippen LogP contribution in [0.5, 0.6) is 5.75 Å². The van der Waals surface area contributed by atoms with E-state index in [1.807, 2.05) is 13.8 Å². The van der Waals surface area contributed by atoms with E-state index in [-0.39, 0.29) is 0 Å². The fraction of sp³-hybridized carbons (Fsp3) is 0.625. The van der Waals surface area contributed by atoms with Gasteiger partial charge in [0.05, 0.1) is 0 Å². The first-order chi connectivity index (χ1) is 8.54. The molecule has 0 saturated carbocycles. The molecular formula is C16H27NO. The maximum Gasteiger partial charge on any atom is 0.122 e. The van der Waals surface area contributed by atoms with Gasteiger partial charge in [-0.05, 0) is 62.3 Å². The number of phenols is 1. The van der Waals surface area contributed by atoms with Crippen LogP contribution < -0.4 is 5.32 Å². The highest BCUT2D eigenvalue weighted by molar-refractivity contribution is 5.67. The van der Waals surface area contributed by atoms with Crippen molar-refractivity contribution in [2.75, 3.05) is 11.9 Å². The molecule has 2 heteroatoms. The van der Waals surface area contributed by atoms with Gasteiger partial charge in [0, 0.05) is 12.2 Å². The lowest BCUT2D eigenvalue weighted by Gasteiger charge is -2.20. The third kappa shape index (κ3) is 2.98. The number of anilines is 1. The van der Waals surface area contributed by atoms with E-state index >= 15 is 0 Å². The van der Waals surface area contributed by atoms with Gasteiger partial charge in [0.15, 0.2) is 0 Å². The van der Waals surface area contributed by atoms with Gasteiger partial charge in [-0.1, -0.05) is 20.3 Å². The molecule has 0 heterocycles. The molecule has 0 radical (unpaired) electrons. The average molecular weight is 249 g/mol. The molecule has 0 unspecified atom stereocenters. The van der Waals surface area contributed by atoms with Crippen molar-refractivity contribution >= 4 is 5.69 Å². The molecule has 2 nitrogen and oxygen atoms in total. The van der Waals surface area contributed by atoms with E-state index in [1.165, 1.54) is 29.7 Å². The van der Waals surface area contributed by atoms with Crippen molar-refractivity contribution < 1.29 is 5.11 Å². The van der Waals surface area contributed by atoms with E-state index in [0.29, 0.717) is 5.75 Å². The summed E-state index contributed by atoms with van der Waals surface area (Å²) < 4.78 is 0. The van der Waals surface area contributed by atoms with Crippen molar-refractivity contribution in [3.63, 3.8) is 0 Å². The Kier molecular flexibility index (Phi) is 5.52. The zero-order valence-electron chi connectivity index (χ0n) is 12.5. The van der Waals surface area contributed by atoms with Crippen molar-refractivity contribution in [2.45, 2.75) is 60.3 Å². The number of aromatic hydroxyl groups is 1. The Balaban J connectivity index is 3.24. The van der Waals surface area contributed by atoms with Crippen molar-refractivity contribution in [3.8, 4) is 5.75 Å². The fourth-order valence-corrected chi connectivity index (χ4v) is 2.36. The van der Waals surface area contributed by atoms with E-state index in [0.717, 1.165) is 30.5 Å². The standard InChI is InChI=1S/C16H27NO/c1-6-8-9-14-13(5)16(18)12(4)11(3)15(14)17-10-7-2/h17-18H,6-10H2,1-5H3. The molecule has 0 spiro atoms. The summed E-state index contributed by atoms with van der Waals surface area (Å²) in [6.07, 6.45) is 4.51. The second-order valence-electron chi connectivity index (χ2n) is 5.11. The van der Waals surface area contributed by atoms with Gasteiger partial charge in [-0.3, -0.25) is 0 Å². The van der Waals surface area contributed by atoms with E-state index in [2.05, 4.69) is 26.1 Å². The van der Waals surface area contributed by atoms with E-state index in [1.54, 1.807) is 0 Å². The van der Waals surface area contributed by atoms with Crippen LogP contribution in [-0.4, -0.2) is 11.7 Å².